The lowest BCUT2D eigenvalue weighted by Crippen LogP contribution is -2.05. The summed E-state index contributed by atoms with van der Waals surface area (Å²) in [5.41, 5.74) is 1.66. The summed E-state index contributed by atoms with van der Waals surface area (Å²) in [5.74, 6) is 3.06. The molecule has 1 N–H and O–H groups in total. The monoisotopic (exact) mass is 357 g/mol. The van der Waals surface area contributed by atoms with Crippen LogP contribution in [0.3, 0.4) is 0 Å². The number of alkyl halides is 3. The summed E-state index contributed by atoms with van der Waals surface area (Å²) in [4.78, 5) is 4.21. The SMILES string of the molecule is OC#CCCc1ccc(-c2ncn(-c3ccc(C(F)(F)F)cc3)n2)cc1. The molecule has 1 heterocycles. The lowest BCUT2D eigenvalue weighted by atomic mass is 10.1. The highest BCUT2D eigenvalue weighted by molar-refractivity contribution is 5.55. The number of aryl methyl sites for hydroxylation is 1. The van der Waals surface area contributed by atoms with E-state index in [0.717, 1.165) is 29.7 Å². The number of halogens is 3. The van der Waals surface area contributed by atoms with Gasteiger partial charge in [0.2, 0.25) is 0 Å². The molecule has 4 nitrogen and oxygen atoms in total. The Morgan fingerprint density at radius 2 is 1.69 bits per heavy atom. The number of aliphatic hydroxyl groups is 1. The first-order chi connectivity index (χ1) is 12.5. The minimum absolute atomic E-state index is 0.478. The molecular formula is C19H14F3N3O. The summed E-state index contributed by atoms with van der Waals surface area (Å²) in [7, 11) is 0. The van der Waals surface area contributed by atoms with Crippen molar-refractivity contribution in [3.05, 3.63) is 66.0 Å². The smallest absolute Gasteiger partial charge is 0.416 e. The third-order valence-corrected chi connectivity index (χ3v) is 3.78. The Morgan fingerprint density at radius 3 is 2.31 bits per heavy atom. The first-order valence-corrected chi connectivity index (χ1v) is 7.78. The average molecular weight is 357 g/mol. The summed E-state index contributed by atoms with van der Waals surface area (Å²) >= 11 is 0. The molecule has 0 radical (unpaired) electrons. The van der Waals surface area contributed by atoms with Crippen LogP contribution in [0.25, 0.3) is 17.1 Å². The molecular weight excluding hydrogens is 343 g/mol. The zero-order valence-electron chi connectivity index (χ0n) is 13.5. The van der Waals surface area contributed by atoms with Gasteiger partial charge in [0.25, 0.3) is 0 Å². The van der Waals surface area contributed by atoms with Gasteiger partial charge in [0.15, 0.2) is 5.82 Å². The third kappa shape index (κ3) is 4.03. The van der Waals surface area contributed by atoms with Crippen molar-refractivity contribution in [3.63, 3.8) is 0 Å². The lowest BCUT2D eigenvalue weighted by molar-refractivity contribution is -0.137. The molecule has 0 aliphatic heterocycles. The maximum absolute atomic E-state index is 12.6. The van der Waals surface area contributed by atoms with Gasteiger partial charge < -0.3 is 5.11 Å². The molecule has 3 aromatic rings. The van der Waals surface area contributed by atoms with Crippen LogP contribution in [-0.2, 0) is 12.6 Å². The standard InChI is InChI=1S/C19H14F3N3O/c20-19(21,22)16-8-10-17(11-9-16)25-13-23-18(24-25)15-6-4-14(5-7-15)3-1-2-12-26/h4-11,13,26H,1,3H2. The molecule has 0 spiro atoms. The number of hydrogen-bond donors (Lipinski definition) is 1. The first-order valence-electron chi connectivity index (χ1n) is 7.78. The fourth-order valence-corrected chi connectivity index (χ4v) is 2.41. The summed E-state index contributed by atoms with van der Waals surface area (Å²) < 4.78 is 39.3. The van der Waals surface area contributed by atoms with E-state index in [4.69, 9.17) is 5.11 Å². The van der Waals surface area contributed by atoms with Crippen molar-refractivity contribution in [2.75, 3.05) is 0 Å². The Labute approximate surface area is 147 Å². The molecule has 1 aromatic heterocycles. The maximum Gasteiger partial charge on any atom is 0.416 e. The van der Waals surface area contributed by atoms with Gasteiger partial charge in [-0.1, -0.05) is 30.2 Å². The second kappa shape index (κ2) is 7.31. The van der Waals surface area contributed by atoms with Gasteiger partial charge in [-0.05, 0) is 36.2 Å². The van der Waals surface area contributed by atoms with Gasteiger partial charge in [-0.25, -0.2) is 9.67 Å². The van der Waals surface area contributed by atoms with E-state index in [0.29, 0.717) is 17.9 Å². The number of rotatable bonds is 4. The number of aliphatic hydroxyl groups excluding tert-OH is 1. The number of benzene rings is 2. The van der Waals surface area contributed by atoms with E-state index in [1.54, 1.807) is 0 Å². The largest absolute Gasteiger partial charge is 0.462 e. The molecule has 0 saturated carbocycles. The third-order valence-electron chi connectivity index (χ3n) is 3.78. The second-order valence-electron chi connectivity index (χ2n) is 5.54. The van der Waals surface area contributed by atoms with E-state index >= 15 is 0 Å². The van der Waals surface area contributed by atoms with Crippen LogP contribution in [0.4, 0.5) is 13.2 Å². The van der Waals surface area contributed by atoms with Crippen molar-refractivity contribution in [3.8, 4) is 29.1 Å². The van der Waals surface area contributed by atoms with Crippen LogP contribution < -0.4 is 0 Å². The minimum Gasteiger partial charge on any atom is -0.462 e. The van der Waals surface area contributed by atoms with Crippen molar-refractivity contribution in [2.45, 2.75) is 19.0 Å². The van der Waals surface area contributed by atoms with Crippen molar-refractivity contribution in [1.29, 1.82) is 0 Å². The molecule has 0 aliphatic rings. The second-order valence-corrected chi connectivity index (χ2v) is 5.54. The predicted octanol–water partition coefficient (Wildman–Crippen LogP) is 4.22. The summed E-state index contributed by atoms with van der Waals surface area (Å²) in [5, 5.41) is 12.8. The molecule has 0 unspecified atom stereocenters. The fourth-order valence-electron chi connectivity index (χ4n) is 2.41. The average Bonchev–Trinajstić information content (AvgIpc) is 3.12. The quantitative estimate of drug-likeness (QED) is 0.712. The van der Waals surface area contributed by atoms with Gasteiger partial charge in [0.1, 0.15) is 12.4 Å². The van der Waals surface area contributed by atoms with E-state index in [1.165, 1.54) is 23.1 Å². The topological polar surface area (TPSA) is 50.9 Å². The van der Waals surface area contributed by atoms with E-state index < -0.39 is 11.7 Å². The Balaban J connectivity index is 1.76. The molecule has 0 saturated heterocycles. The van der Waals surface area contributed by atoms with Crippen LogP contribution >= 0.6 is 0 Å². The molecule has 7 heteroatoms. The molecule has 0 aliphatic carbocycles. The molecule has 26 heavy (non-hydrogen) atoms. The van der Waals surface area contributed by atoms with Crippen LogP contribution in [0.1, 0.15) is 17.5 Å². The molecule has 0 fully saturated rings. The van der Waals surface area contributed by atoms with Gasteiger partial charge in [0.05, 0.1) is 11.3 Å². The molecule has 0 amide bonds. The van der Waals surface area contributed by atoms with E-state index in [-0.39, 0.29) is 0 Å². The van der Waals surface area contributed by atoms with Crippen LogP contribution in [0.5, 0.6) is 0 Å². The van der Waals surface area contributed by atoms with Crippen LogP contribution in [0.2, 0.25) is 0 Å². The molecule has 3 rings (SSSR count). The van der Waals surface area contributed by atoms with Gasteiger partial charge >= 0.3 is 6.18 Å². The summed E-state index contributed by atoms with van der Waals surface area (Å²) in [6.07, 6.45) is 0.256. The van der Waals surface area contributed by atoms with Crippen LogP contribution in [0, 0.1) is 12.0 Å². The zero-order valence-corrected chi connectivity index (χ0v) is 13.5. The van der Waals surface area contributed by atoms with Crippen LogP contribution in [-0.4, -0.2) is 19.9 Å². The molecule has 0 atom stereocenters. The Hall–Kier alpha value is -3.27. The van der Waals surface area contributed by atoms with Crippen molar-refractivity contribution in [1.82, 2.24) is 14.8 Å². The van der Waals surface area contributed by atoms with E-state index in [9.17, 15) is 13.2 Å². The van der Waals surface area contributed by atoms with Crippen molar-refractivity contribution >= 4 is 0 Å². The molecule has 132 valence electrons. The highest BCUT2D eigenvalue weighted by atomic mass is 19.4. The number of aromatic nitrogens is 3. The van der Waals surface area contributed by atoms with E-state index in [1.807, 2.05) is 30.4 Å². The highest BCUT2D eigenvalue weighted by Crippen LogP contribution is 2.29. The normalized spacial score (nSPS) is 11.0. The number of hydrogen-bond acceptors (Lipinski definition) is 3. The van der Waals surface area contributed by atoms with Gasteiger partial charge in [-0.15, -0.1) is 5.10 Å². The number of nitrogens with zero attached hydrogens (tertiary/aromatic N) is 3. The van der Waals surface area contributed by atoms with Crippen molar-refractivity contribution < 1.29 is 18.3 Å². The first kappa shape index (κ1) is 17.5. The molecule has 0 bridgehead atoms. The summed E-state index contributed by atoms with van der Waals surface area (Å²) in [6, 6.07) is 12.3. The Kier molecular flexibility index (Phi) is 4.94. The lowest BCUT2D eigenvalue weighted by Gasteiger charge is -2.07. The van der Waals surface area contributed by atoms with Gasteiger partial charge in [-0.3, -0.25) is 0 Å². The zero-order chi connectivity index (χ0) is 18.6. The predicted molar refractivity (Wildman–Crippen MR) is 89.8 cm³/mol. The molecule has 2 aromatic carbocycles. The maximum atomic E-state index is 12.6. The Bertz CT molecular complexity index is 933. The minimum atomic E-state index is -4.36. The van der Waals surface area contributed by atoms with Crippen LogP contribution in [0.15, 0.2) is 54.9 Å². The Morgan fingerprint density at radius 1 is 1.00 bits per heavy atom. The van der Waals surface area contributed by atoms with Gasteiger partial charge in [0, 0.05) is 12.0 Å². The van der Waals surface area contributed by atoms with Gasteiger partial charge in [-0.2, -0.15) is 13.2 Å². The fraction of sp³-hybridized carbons (Fsp3) is 0.158. The van der Waals surface area contributed by atoms with Crippen molar-refractivity contribution in [2.24, 2.45) is 0 Å². The highest BCUT2D eigenvalue weighted by Gasteiger charge is 2.30. The summed E-state index contributed by atoms with van der Waals surface area (Å²) in [6.45, 7) is 0. The van der Waals surface area contributed by atoms with E-state index in [2.05, 4.69) is 16.0 Å².